The molecule has 128 valence electrons. The van der Waals surface area contributed by atoms with E-state index in [1.54, 1.807) is 14.2 Å². The van der Waals surface area contributed by atoms with E-state index in [0.717, 1.165) is 44.3 Å². The van der Waals surface area contributed by atoms with E-state index < -0.39 is 0 Å². The summed E-state index contributed by atoms with van der Waals surface area (Å²) in [4.78, 5) is 0. The van der Waals surface area contributed by atoms with Crippen molar-refractivity contribution in [2.45, 2.75) is 0 Å². The normalized spacial score (nSPS) is 10.8. The minimum absolute atomic E-state index is 0.813. The van der Waals surface area contributed by atoms with E-state index in [-0.39, 0.29) is 0 Å². The van der Waals surface area contributed by atoms with Crippen molar-refractivity contribution in [3.8, 4) is 22.6 Å². The predicted molar refractivity (Wildman–Crippen MR) is 110 cm³/mol. The van der Waals surface area contributed by atoms with Crippen LogP contribution in [0.3, 0.4) is 0 Å². The van der Waals surface area contributed by atoms with E-state index in [4.69, 9.17) is 9.47 Å². The molecule has 26 heavy (non-hydrogen) atoms. The maximum Gasteiger partial charge on any atom is 0.134 e. The Labute approximate surface area is 153 Å². The van der Waals surface area contributed by atoms with E-state index in [1.807, 2.05) is 24.3 Å². The Morgan fingerprint density at radius 3 is 2.04 bits per heavy atom. The summed E-state index contributed by atoms with van der Waals surface area (Å²) in [7, 11) is 3.41. The fourth-order valence-corrected chi connectivity index (χ4v) is 3.65. The van der Waals surface area contributed by atoms with Crippen LogP contribution in [0.25, 0.3) is 38.7 Å². The van der Waals surface area contributed by atoms with E-state index in [2.05, 4.69) is 55.1 Å². The molecule has 0 saturated heterocycles. The molecule has 4 aromatic carbocycles. The molecule has 0 N–H and O–H groups in total. The highest BCUT2D eigenvalue weighted by molar-refractivity contribution is 6.10. The number of benzene rings is 4. The van der Waals surface area contributed by atoms with Crippen LogP contribution in [0.2, 0.25) is 0 Å². The standard InChI is InChI=1S/C24H20O2/c1-4-16-15-18-10-6-8-12-20(18)23(24(16)26-3)22-19-11-7-5-9-17(19)13-14-21(22)25-2/h4-15H,1H2,2-3H3. The Hall–Kier alpha value is -3.26. The highest BCUT2D eigenvalue weighted by Gasteiger charge is 2.20. The van der Waals surface area contributed by atoms with Gasteiger partial charge >= 0.3 is 0 Å². The minimum Gasteiger partial charge on any atom is -0.496 e. The Kier molecular flexibility index (Phi) is 4.10. The van der Waals surface area contributed by atoms with Gasteiger partial charge in [0.1, 0.15) is 11.5 Å². The van der Waals surface area contributed by atoms with Crippen LogP contribution < -0.4 is 9.47 Å². The molecule has 4 aromatic rings. The first-order valence-electron chi connectivity index (χ1n) is 8.56. The first-order chi connectivity index (χ1) is 12.8. The molecule has 0 radical (unpaired) electrons. The number of ether oxygens (including phenoxy) is 2. The van der Waals surface area contributed by atoms with Crippen molar-refractivity contribution in [3.63, 3.8) is 0 Å². The Morgan fingerprint density at radius 2 is 1.38 bits per heavy atom. The van der Waals surface area contributed by atoms with E-state index in [9.17, 15) is 0 Å². The molecule has 0 bridgehead atoms. The van der Waals surface area contributed by atoms with Crippen LogP contribution in [-0.4, -0.2) is 14.2 Å². The summed E-state index contributed by atoms with van der Waals surface area (Å²) in [6, 6.07) is 22.9. The zero-order valence-electron chi connectivity index (χ0n) is 15.0. The summed E-state index contributed by atoms with van der Waals surface area (Å²) in [5, 5.41) is 4.58. The summed E-state index contributed by atoms with van der Waals surface area (Å²) in [5.41, 5.74) is 3.05. The Morgan fingerprint density at radius 1 is 0.731 bits per heavy atom. The van der Waals surface area contributed by atoms with Gasteiger partial charge in [0.25, 0.3) is 0 Å². The van der Waals surface area contributed by atoms with Gasteiger partial charge < -0.3 is 9.47 Å². The third-order valence-corrected chi connectivity index (χ3v) is 4.82. The van der Waals surface area contributed by atoms with Crippen LogP contribution in [0, 0.1) is 0 Å². The molecule has 0 saturated carbocycles. The highest BCUT2D eigenvalue weighted by atomic mass is 16.5. The molecular formula is C24H20O2. The highest BCUT2D eigenvalue weighted by Crippen LogP contribution is 2.47. The van der Waals surface area contributed by atoms with Gasteiger partial charge in [-0.25, -0.2) is 0 Å². The molecule has 4 rings (SSSR count). The molecule has 0 spiro atoms. The molecule has 0 amide bonds. The molecule has 0 aliphatic carbocycles. The monoisotopic (exact) mass is 340 g/mol. The summed E-state index contributed by atoms with van der Waals surface area (Å²) >= 11 is 0. The Bertz CT molecular complexity index is 1130. The van der Waals surface area contributed by atoms with E-state index in [0.29, 0.717) is 0 Å². The van der Waals surface area contributed by atoms with Crippen molar-refractivity contribution in [2.75, 3.05) is 14.2 Å². The third kappa shape index (κ3) is 2.42. The molecule has 0 atom stereocenters. The molecule has 0 unspecified atom stereocenters. The molecule has 0 aromatic heterocycles. The van der Waals surface area contributed by atoms with Gasteiger partial charge in [-0.1, -0.05) is 67.3 Å². The maximum absolute atomic E-state index is 5.85. The van der Waals surface area contributed by atoms with Gasteiger partial charge in [0.05, 0.1) is 14.2 Å². The SMILES string of the molecule is C=Cc1cc2ccccc2c(-c2c(OC)ccc3ccccc23)c1OC. The van der Waals surface area contributed by atoms with Gasteiger partial charge in [0.15, 0.2) is 0 Å². The average Bonchev–Trinajstić information content (AvgIpc) is 2.71. The van der Waals surface area contributed by atoms with Crippen molar-refractivity contribution in [1.29, 1.82) is 0 Å². The van der Waals surface area contributed by atoms with Crippen molar-refractivity contribution < 1.29 is 9.47 Å². The second-order valence-electron chi connectivity index (χ2n) is 6.16. The minimum atomic E-state index is 0.813. The number of fused-ring (bicyclic) bond motifs is 2. The van der Waals surface area contributed by atoms with Gasteiger partial charge in [-0.05, 0) is 33.7 Å². The summed E-state index contributed by atoms with van der Waals surface area (Å²) in [6.07, 6.45) is 1.84. The Balaban J connectivity index is 2.26. The van der Waals surface area contributed by atoms with Gasteiger partial charge in [0.2, 0.25) is 0 Å². The van der Waals surface area contributed by atoms with Crippen molar-refractivity contribution in [1.82, 2.24) is 0 Å². The van der Waals surface area contributed by atoms with Crippen molar-refractivity contribution in [3.05, 3.63) is 78.9 Å². The lowest BCUT2D eigenvalue weighted by molar-refractivity contribution is 0.410. The fraction of sp³-hybridized carbons (Fsp3) is 0.0833. The van der Waals surface area contributed by atoms with Gasteiger partial charge in [-0.2, -0.15) is 0 Å². The molecule has 2 heteroatoms. The van der Waals surface area contributed by atoms with Crippen LogP contribution in [0.5, 0.6) is 11.5 Å². The second kappa shape index (κ2) is 6.57. The summed E-state index contributed by atoms with van der Waals surface area (Å²) in [6.45, 7) is 3.97. The second-order valence-corrected chi connectivity index (χ2v) is 6.16. The lowest BCUT2D eigenvalue weighted by Gasteiger charge is -2.19. The van der Waals surface area contributed by atoms with Gasteiger partial charge in [-0.3, -0.25) is 0 Å². The first-order valence-corrected chi connectivity index (χ1v) is 8.56. The van der Waals surface area contributed by atoms with Crippen LogP contribution in [0.15, 0.2) is 73.3 Å². The van der Waals surface area contributed by atoms with Crippen LogP contribution in [0.4, 0.5) is 0 Å². The lowest BCUT2D eigenvalue weighted by Crippen LogP contribution is -1.96. The average molecular weight is 340 g/mol. The number of hydrogen-bond donors (Lipinski definition) is 0. The van der Waals surface area contributed by atoms with Crippen LogP contribution >= 0.6 is 0 Å². The predicted octanol–water partition coefficient (Wildman–Crippen LogP) is 6.32. The number of rotatable bonds is 4. The summed E-state index contributed by atoms with van der Waals surface area (Å²) < 4.78 is 11.6. The quantitative estimate of drug-likeness (QED) is 0.433. The van der Waals surface area contributed by atoms with Crippen molar-refractivity contribution >= 4 is 27.6 Å². The van der Waals surface area contributed by atoms with Gasteiger partial charge in [0, 0.05) is 16.7 Å². The summed E-state index contributed by atoms with van der Waals surface area (Å²) in [5.74, 6) is 1.64. The van der Waals surface area contributed by atoms with Gasteiger partial charge in [-0.15, -0.1) is 0 Å². The molecule has 0 heterocycles. The fourth-order valence-electron chi connectivity index (χ4n) is 3.65. The van der Waals surface area contributed by atoms with Crippen molar-refractivity contribution in [2.24, 2.45) is 0 Å². The van der Waals surface area contributed by atoms with E-state index in [1.165, 1.54) is 5.39 Å². The number of hydrogen-bond acceptors (Lipinski definition) is 2. The first kappa shape index (κ1) is 16.2. The zero-order valence-corrected chi connectivity index (χ0v) is 15.0. The smallest absolute Gasteiger partial charge is 0.134 e. The molecule has 0 fully saturated rings. The molecular weight excluding hydrogens is 320 g/mol. The van der Waals surface area contributed by atoms with Crippen LogP contribution in [-0.2, 0) is 0 Å². The number of methoxy groups -OCH3 is 2. The topological polar surface area (TPSA) is 18.5 Å². The maximum atomic E-state index is 5.85. The lowest BCUT2D eigenvalue weighted by atomic mass is 9.90. The molecule has 2 nitrogen and oxygen atoms in total. The molecule has 0 aliphatic rings. The third-order valence-electron chi connectivity index (χ3n) is 4.82. The largest absolute Gasteiger partial charge is 0.496 e. The van der Waals surface area contributed by atoms with Crippen LogP contribution in [0.1, 0.15) is 5.56 Å². The zero-order chi connectivity index (χ0) is 18.1. The molecule has 0 aliphatic heterocycles. The van der Waals surface area contributed by atoms with E-state index >= 15 is 0 Å².